The maximum atomic E-state index is 5.91. The second kappa shape index (κ2) is 10.1. The van der Waals surface area contributed by atoms with Gasteiger partial charge in [-0.25, -0.2) is 0 Å². The molecule has 0 heterocycles. The third kappa shape index (κ3) is 6.16. The van der Waals surface area contributed by atoms with Gasteiger partial charge in [-0.05, 0) is 36.3 Å². The van der Waals surface area contributed by atoms with Crippen molar-refractivity contribution in [3.8, 4) is 5.75 Å². The highest BCUT2D eigenvalue weighted by Crippen LogP contribution is 2.25. The Balaban J connectivity index is 2.52. The number of hydrogen-bond donors (Lipinski definition) is 1. The van der Waals surface area contributed by atoms with Crippen LogP contribution in [0.15, 0.2) is 12.1 Å². The molecule has 0 spiro atoms. The van der Waals surface area contributed by atoms with Crippen LogP contribution in [0.25, 0.3) is 0 Å². The lowest BCUT2D eigenvalue weighted by molar-refractivity contribution is 0.199. The summed E-state index contributed by atoms with van der Waals surface area (Å²) in [5.74, 6) is 3.24. The zero-order valence-corrected chi connectivity index (χ0v) is 13.9. The quantitative estimate of drug-likeness (QED) is 0.672. The molecule has 0 aliphatic heterocycles. The van der Waals surface area contributed by atoms with Crippen molar-refractivity contribution in [3.63, 3.8) is 0 Å². The van der Waals surface area contributed by atoms with Crippen molar-refractivity contribution in [1.82, 2.24) is 5.32 Å². The molecule has 0 bridgehead atoms. The van der Waals surface area contributed by atoms with E-state index in [2.05, 4.69) is 38.2 Å². The molecule has 0 amide bonds. The van der Waals surface area contributed by atoms with Gasteiger partial charge in [0.05, 0.1) is 13.2 Å². The van der Waals surface area contributed by atoms with E-state index in [4.69, 9.17) is 9.47 Å². The van der Waals surface area contributed by atoms with Gasteiger partial charge in [0.25, 0.3) is 0 Å². The first-order valence-electron chi connectivity index (χ1n) is 7.19. The predicted molar refractivity (Wildman–Crippen MR) is 88.0 cm³/mol. The first kappa shape index (κ1) is 17.3. The summed E-state index contributed by atoms with van der Waals surface area (Å²) in [5.41, 5.74) is 3.73. The standard InChI is InChI=1S/C16H27NO2S/c1-5-20-9-8-19-16-13(2)10-15(11-14(16)3)12-17-6-7-18-4/h10-11,17H,5-9,12H2,1-4H3. The van der Waals surface area contributed by atoms with Gasteiger partial charge >= 0.3 is 0 Å². The third-order valence-electron chi connectivity index (χ3n) is 3.01. The van der Waals surface area contributed by atoms with Gasteiger partial charge in [0.2, 0.25) is 0 Å². The van der Waals surface area contributed by atoms with Gasteiger partial charge in [-0.15, -0.1) is 0 Å². The highest BCUT2D eigenvalue weighted by molar-refractivity contribution is 7.99. The summed E-state index contributed by atoms with van der Waals surface area (Å²) in [4.78, 5) is 0. The van der Waals surface area contributed by atoms with Gasteiger partial charge in [0.1, 0.15) is 5.75 Å². The van der Waals surface area contributed by atoms with Crippen LogP contribution < -0.4 is 10.1 Å². The molecule has 20 heavy (non-hydrogen) atoms. The SMILES string of the molecule is CCSCCOc1c(C)cc(CNCCOC)cc1C. The molecular formula is C16H27NO2S. The zero-order chi connectivity index (χ0) is 14.8. The second-order valence-electron chi connectivity index (χ2n) is 4.77. The first-order chi connectivity index (χ1) is 9.69. The molecule has 0 fully saturated rings. The highest BCUT2D eigenvalue weighted by Gasteiger charge is 2.06. The van der Waals surface area contributed by atoms with E-state index in [-0.39, 0.29) is 0 Å². The summed E-state index contributed by atoms with van der Waals surface area (Å²) in [5, 5.41) is 3.37. The van der Waals surface area contributed by atoms with E-state index in [0.29, 0.717) is 0 Å². The number of benzene rings is 1. The zero-order valence-electron chi connectivity index (χ0n) is 13.1. The smallest absolute Gasteiger partial charge is 0.125 e. The van der Waals surface area contributed by atoms with Gasteiger partial charge < -0.3 is 14.8 Å². The van der Waals surface area contributed by atoms with Crippen LogP contribution in [-0.2, 0) is 11.3 Å². The number of rotatable bonds is 10. The molecular weight excluding hydrogens is 270 g/mol. The molecule has 3 nitrogen and oxygen atoms in total. The molecule has 0 unspecified atom stereocenters. The molecule has 1 N–H and O–H groups in total. The van der Waals surface area contributed by atoms with E-state index in [1.807, 2.05) is 11.8 Å². The molecule has 0 aromatic heterocycles. The van der Waals surface area contributed by atoms with Crippen molar-refractivity contribution in [2.75, 3.05) is 38.4 Å². The predicted octanol–water partition coefficient (Wildman–Crippen LogP) is 3.17. The van der Waals surface area contributed by atoms with Crippen molar-refractivity contribution >= 4 is 11.8 Å². The highest BCUT2D eigenvalue weighted by atomic mass is 32.2. The number of ether oxygens (including phenoxy) is 2. The largest absolute Gasteiger partial charge is 0.492 e. The molecule has 4 heteroatoms. The van der Waals surface area contributed by atoms with Crippen molar-refractivity contribution < 1.29 is 9.47 Å². The Kier molecular flexibility index (Phi) is 8.74. The first-order valence-corrected chi connectivity index (χ1v) is 8.34. The van der Waals surface area contributed by atoms with Crippen molar-refractivity contribution in [2.45, 2.75) is 27.3 Å². The van der Waals surface area contributed by atoms with Gasteiger partial charge in [-0.1, -0.05) is 19.1 Å². The number of thioether (sulfide) groups is 1. The molecule has 1 aromatic rings. The fraction of sp³-hybridized carbons (Fsp3) is 0.625. The maximum Gasteiger partial charge on any atom is 0.125 e. The van der Waals surface area contributed by atoms with Crippen LogP contribution in [0.2, 0.25) is 0 Å². The summed E-state index contributed by atoms with van der Waals surface area (Å²) >= 11 is 1.91. The lowest BCUT2D eigenvalue weighted by Gasteiger charge is -2.14. The summed E-state index contributed by atoms with van der Waals surface area (Å²) in [7, 11) is 1.72. The van der Waals surface area contributed by atoms with Crippen molar-refractivity contribution in [3.05, 3.63) is 28.8 Å². The molecule has 0 saturated heterocycles. The van der Waals surface area contributed by atoms with Crippen LogP contribution in [0.1, 0.15) is 23.6 Å². The van der Waals surface area contributed by atoms with E-state index in [0.717, 1.165) is 43.6 Å². The van der Waals surface area contributed by atoms with Crippen LogP contribution in [-0.4, -0.2) is 38.4 Å². The molecule has 0 saturated carbocycles. The van der Waals surface area contributed by atoms with Crippen molar-refractivity contribution in [1.29, 1.82) is 0 Å². The lowest BCUT2D eigenvalue weighted by Crippen LogP contribution is -2.18. The molecule has 0 radical (unpaired) electrons. The van der Waals surface area contributed by atoms with Crippen LogP contribution in [0.5, 0.6) is 5.75 Å². The number of methoxy groups -OCH3 is 1. The number of aryl methyl sites for hydroxylation is 2. The average Bonchev–Trinajstić information content (AvgIpc) is 2.42. The van der Waals surface area contributed by atoms with Crippen LogP contribution >= 0.6 is 11.8 Å². The summed E-state index contributed by atoms with van der Waals surface area (Å²) in [6, 6.07) is 4.41. The maximum absolute atomic E-state index is 5.91. The average molecular weight is 297 g/mol. The van der Waals surface area contributed by atoms with E-state index in [1.165, 1.54) is 16.7 Å². The minimum atomic E-state index is 0.744. The Bertz CT molecular complexity index is 373. The molecule has 0 atom stereocenters. The topological polar surface area (TPSA) is 30.5 Å². The monoisotopic (exact) mass is 297 g/mol. The van der Waals surface area contributed by atoms with E-state index < -0.39 is 0 Å². The van der Waals surface area contributed by atoms with Gasteiger partial charge in [-0.2, -0.15) is 11.8 Å². The van der Waals surface area contributed by atoms with Gasteiger partial charge in [0.15, 0.2) is 0 Å². The molecule has 0 aliphatic rings. The van der Waals surface area contributed by atoms with E-state index in [1.54, 1.807) is 7.11 Å². The fourth-order valence-electron chi connectivity index (χ4n) is 2.12. The van der Waals surface area contributed by atoms with E-state index >= 15 is 0 Å². The minimum Gasteiger partial charge on any atom is -0.492 e. The fourth-order valence-corrected chi connectivity index (χ4v) is 2.61. The third-order valence-corrected chi connectivity index (χ3v) is 3.87. The van der Waals surface area contributed by atoms with Crippen LogP contribution in [0, 0.1) is 13.8 Å². The molecule has 0 aliphatic carbocycles. The molecule has 1 aromatic carbocycles. The molecule has 1 rings (SSSR count). The Morgan fingerprint density at radius 1 is 1.15 bits per heavy atom. The van der Waals surface area contributed by atoms with Gasteiger partial charge in [-0.3, -0.25) is 0 Å². The Labute approximate surface area is 127 Å². The second-order valence-corrected chi connectivity index (χ2v) is 6.17. The lowest BCUT2D eigenvalue weighted by atomic mass is 10.1. The molecule has 114 valence electrons. The summed E-state index contributed by atoms with van der Waals surface area (Å²) in [6.07, 6.45) is 0. The van der Waals surface area contributed by atoms with Crippen LogP contribution in [0.4, 0.5) is 0 Å². The Hall–Kier alpha value is -0.710. The number of hydrogen-bond acceptors (Lipinski definition) is 4. The minimum absolute atomic E-state index is 0.744. The number of nitrogens with one attached hydrogen (secondary N) is 1. The van der Waals surface area contributed by atoms with Crippen LogP contribution in [0.3, 0.4) is 0 Å². The summed E-state index contributed by atoms with van der Waals surface area (Å²) < 4.78 is 10.9. The van der Waals surface area contributed by atoms with E-state index in [9.17, 15) is 0 Å². The summed E-state index contributed by atoms with van der Waals surface area (Å²) in [6.45, 7) is 9.69. The van der Waals surface area contributed by atoms with Gasteiger partial charge in [0, 0.05) is 26.0 Å². The Morgan fingerprint density at radius 3 is 2.45 bits per heavy atom. The Morgan fingerprint density at radius 2 is 1.85 bits per heavy atom. The normalized spacial score (nSPS) is 10.8. The van der Waals surface area contributed by atoms with Crippen molar-refractivity contribution in [2.24, 2.45) is 0 Å².